The minimum Gasteiger partial charge on any atom is -0.478 e. The molecule has 0 aromatic carbocycles. The van der Waals surface area contributed by atoms with Crippen LogP contribution in [0.2, 0.25) is 0 Å². The van der Waals surface area contributed by atoms with Crippen LogP contribution >= 0.6 is 0 Å². The predicted octanol–water partition coefficient (Wildman–Crippen LogP) is 1.74. The van der Waals surface area contributed by atoms with Crippen LogP contribution in [-0.2, 0) is 4.79 Å². The number of carboxylic acids is 1. The molecule has 0 atom stereocenters. The van der Waals surface area contributed by atoms with Gasteiger partial charge in [-0.05, 0) is 19.3 Å². The molecule has 0 fully saturated rings. The van der Waals surface area contributed by atoms with Gasteiger partial charge >= 0.3 is 5.97 Å². The fraction of sp³-hybridized carbons (Fsp3) is 0.375. The zero-order chi connectivity index (χ0) is 7.40. The van der Waals surface area contributed by atoms with Crippen LogP contribution in [0.4, 0.5) is 0 Å². The van der Waals surface area contributed by atoms with Gasteiger partial charge in [-0.2, -0.15) is 0 Å². The molecule has 0 aromatic rings. The summed E-state index contributed by atoms with van der Waals surface area (Å²) in [6.45, 7) is 0. The SMILES string of the molecule is O=C(O)/C=C\C1=CCCC1. The first-order valence-corrected chi connectivity index (χ1v) is 3.39. The normalized spacial score (nSPS) is 17.8. The molecule has 0 saturated carbocycles. The maximum absolute atomic E-state index is 10.0. The third-order valence-electron chi connectivity index (χ3n) is 1.52. The first-order valence-electron chi connectivity index (χ1n) is 3.39. The van der Waals surface area contributed by atoms with Crippen molar-refractivity contribution in [3.8, 4) is 0 Å². The number of aliphatic carboxylic acids is 1. The minimum atomic E-state index is -0.868. The maximum atomic E-state index is 10.0. The molecule has 0 heterocycles. The van der Waals surface area contributed by atoms with Crippen molar-refractivity contribution < 1.29 is 9.90 Å². The van der Waals surface area contributed by atoms with Gasteiger partial charge in [0.25, 0.3) is 0 Å². The Kier molecular flexibility index (Phi) is 2.26. The van der Waals surface area contributed by atoms with Crippen molar-refractivity contribution in [3.63, 3.8) is 0 Å². The van der Waals surface area contributed by atoms with Crippen molar-refractivity contribution in [1.82, 2.24) is 0 Å². The zero-order valence-electron chi connectivity index (χ0n) is 5.71. The van der Waals surface area contributed by atoms with Crippen LogP contribution in [0.3, 0.4) is 0 Å². The Hall–Kier alpha value is -1.05. The van der Waals surface area contributed by atoms with Crippen LogP contribution in [0.5, 0.6) is 0 Å². The lowest BCUT2D eigenvalue weighted by atomic mass is 10.2. The fourth-order valence-corrected chi connectivity index (χ4v) is 1.03. The third-order valence-corrected chi connectivity index (χ3v) is 1.52. The lowest BCUT2D eigenvalue weighted by molar-refractivity contribution is -0.131. The Balaban J connectivity index is 2.44. The summed E-state index contributed by atoms with van der Waals surface area (Å²) >= 11 is 0. The van der Waals surface area contributed by atoms with Gasteiger partial charge in [-0.25, -0.2) is 4.79 Å². The molecule has 1 N–H and O–H groups in total. The van der Waals surface area contributed by atoms with Crippen LogP contribution in [0.25, 0.3) is 0 Å². The average Bonchev–Trinajstić information content (AvgIpc) is 2.34. The summed E-state index contributed by atoms with van der Waals surface area (Å²) in [4.78, 5) is 10.0. The van der Waals surface area contributed by atoms with E-state index in [9.17, 15) is 4.79 Å². The first-order chi connectivity index (χ1) is 4.79. The zero-order valence-corrected chi connectivity index (χ0v) is 5.71. The second-order valence-corrected chi connectivity index (χ2v) is 2.34. The second-order valence-electron chi connectivity index (χ2n) is 2.34. The Labute approximate surface area is 59.9 Å². The van der Waals surface area contributed by atoms with Crippen LogP contribution in [-0.4, -0.2) is 11.1 Å². The Morgan fingerprint density at radius 2 is 2.50 bits per heavy atom. The fourth-order valence-electron chi connectivity index (χ4n) is 1.03. The van der Waals surface area contributed by atoms with Gasteiger partial charge in [0.15, 0.2) is 0 Å². The van der Waals surface area contributed by atoms with Crippen molar-refractivity contribution in [2.45, 2.75) is 19.3 Å². The van der Waals surface area contributed by atoms with Crippen molar-refractivity contribution in [1.29, 1.82) is 0 Å². The van der Waals surface area contributed by atoms with Crippen molar-refractivity contribution in [2.24, 2.45) is 0 Å². The largest absolute Gasteiger partial charge is 0.478 e. The van der Waals surface area contributed by atoms with Gasteiger partial charge in [0.1, 0.15) is 0 Å². The van der Waals surface area contributed by atoms with Gasteiger partial charge < -0.3 is 5.11 Å². The standard InChI is InChI=1S/C8H10O2/c9-8(10)6-5-7-3-1-2-4-7/h3,5-6H,1-2,4H2,(H,9,10)/b6-5-. The second kappa shape index (κ2) is 3.20. The Bertz CT molecular complexity index is 189. The predicted molar refractivity (Wildman–Crippen MR) is 38.7 cm³/mol. The highest BCUT2D eigenvalue weighted by Gasteiger charge is 1.99. The molecule has 0 radical (unpaired) electrons. The monoisotopic (exact) mass is 138 g/mol. The summed E-state index contributed by atoms with van der Waals surface area (Å²) in [6, 6.07) is 0. The molecule has 0 amide bonds. The molecular formula is C8H10O2. The molecule has 2 nitrogen and oxygen atoms in total. The number of carboxylic acid groups (broad SMARTS) is 1. The molecule has 1 rings (SSSR count). The summed E-state index contributed by atoms with van der Waals surface area (Å²) in [5.74, 6) is -0.868. The van der Waals surface area contributed by atoms with Gasteiger partial charge in [0.05, 0.1) is 0 Å². The number of hydrogen-bond donors (Lipinski definition) is 1. The number of rotatable bonds is 2. The number of allylic oxidation sites excluding steroid dienone is 3. The van der Waals surface area contributed by atoms with E-state index in [0.717, 1.165) is 18.4 Å². The molecular weight excluding hydrogens is 128 g/mol. The smallest absolute Gasteiger partial charge is 0.328 e. The van der Waals surface area contributed by atoms with E-state index in [4.69, 9.17) is 5.11 Å². The van der Waals surface area contributed by atoms with Gasteiger partial charge in [-0.15, -0.1) is 0 Å². The van der Waals surface area contributed by atoms with E-state index in [1.807, 2.05) is 0 Å². The first kappa shape index (κ1) is 7.06. The lowest BCUT2D eigenvalue weighted by Crippen LogP contribution is -1.85. The third kappa shape index (κ3) is 2.05. The Morgan fingerprint density at radius 3 is 3.00 bits per heavy atom. The molecule has 0 spiro atoms. The van der Waals surface area contributed by atoms with Crippen LogP contribution in [0.1, 0.15) is 19.3 Å². The van der Waals surface area contributed by atoms with Gasteiger partial charge in [-0.1, -0.05) is 17.7 Å². The quantitative estimate of drug-likeness (QED) is 0.590. The van der Waals surface area contributed by atoms with Gasteiger partial charge in [0.2, 0.25) is 0 Å². The molecule has 0 unspecified atom stereocenters. The highest BCUT2D eigenvalue weighted by Crippen LogP contribution is 2.17. The van der Waals surface area contributed by atoms with E-state index in [-0.39, 0.29) is 0 Å². The van der Waals surface area contributed by atoms with Gasteiger partial charge in [-0.3, -0.25) is 0 Å². The van der Waals surface area contributed by atoms with E-state index in [1.54, 1.807) is 6.08 Å². The molecule has 0 saturated heterocycles. The van der Waals surface area contributed by atoms with E-state index >= 15 is 0 Å². The molecule has 1 aliphatic carbocycles. The molecule has 0 bridgehead atoms. The van der Waals surface area contributed by atoms with E-state index in [2.05, 4.69) is 6.08 Å². The highest BCUT2D eigenvalue weighted by molar-refractivity contribution is 5.80. The van der Waals surface area contributed by atoms with Crippen LogP contribution in [0.15, 0.2) is 23.8 Å². The van der Waals surface area contributed by atoms with Crippen molar-refractivity contribution in [2.75, 3.05) is 0 Å². The maximum Gasteiger partial charge on any atom is 0.328 e. The van der Waals surface area contributed by atoms with E-state index < -0.39 is 5.97 Å². The summed E-state index contributed by atoms with van der Waals surface area (Å²) in [6.07, 6.45) is 8.24. The average molecular weight is 138 g/mol. The summed E-state index contributed by atoms with van der Waals surface area (Å²) in [5.41, 5.74) is 1.16. The summed E-state index contributed by atoms with van der Waals surface area (Å²) in [7, 11) is 0. The van der Waals surface area contributed by atoms with Crippen LogP contribution in [0, 0.1) is 0 Å². The minimum absolute atomic E-state index is 0.868. The highest BCUT2D eigenvalue weighted by atomic mass is 16.4. The molecule has 10 heavy (non-hydrogen) atoms. The topological polar surface area (TPSA) is 37.3 Å². The van der Waals surface area contributed by atoms with E-state index in [1.165, 1.54) is 12.5 Å². The van der Waals surface area contributed by atoms with Crippen molar-refractivity contribution in [3.05, 3.63) is 23.8 Å². The molecule has 1 aliphatic rings. The lowest BCUT2D eigenvalue weighted by Gasteiger charge is -1.86. The van der Waals surface area contributed by atoms with Gasteiger partial charge in [0, 0.05) is 6.08 Å². The number of carbonyl (C=O) groups is 1. The Morgan fingerprint density at radius 1 is 1.70 bits per heavy atom. The molecule has 2 heteroatoms. The number of hydrogen-bond acceptors (Lipinski definition) is 1. The summed E-state index contributed by atoms with van der Waals surface area (Å²) in [5, 5.41) is 8.26. The van der Waals surface area contributed by atoms with E-state index in [0.29, 0.717) is 0 Å². The molecule has 54 valence electrons. The van der Waals surface area contributed by atoms with Crippen LogP contribution < -0.4 is 0 Å². The molecule has 0 aromatic heterocycles. The summed E-state index contributed by atoms with van der Waals surface area (Å²) < 4.78 is 0. The molecule has 0 aliphatic heterocycles. The van der Waals surface area contributed by atoms with Crippen molar-refractivity contribution >= 4 is 5.97 Å².